The molecule has 4 rings (SSSR count). The van der Waals surface area contributed by atoms with Crippen LogP contribution in [0.1, 0.15) is 0 Å². The largest absolute Gasteiger partial charge is 0.484 e. The molecule has 3 aromatic carbocycles. The van der Waals surface area contributed by atoms with Gasteiger partial charge in [0.1, 0.15) is 11.6 Å². The van der Waals surface area contributed by atoms with Gasteiger partial charge in [0.05, 0.1) is 0 Å². The van der Waals surface area contributed by atoms with Crippen molar-refractivity contribution in [2.45, 2.75) is 0 Å². The third kappa shape index (κ3) is 3.77. The molecule has 1 heterocycles. The van der Waals surface area contributed by atoms with E-state index < -0.39 is 5.91 Å². The van der Waals surface area contributed by atoms with E-state index in [2.05, 4.69) is 15.5 Å². The molecule has 0 saturated heterocycles. The molecule has 0 atom stereocenters. The normalized spacial score (nSPS) is 10.7. The van der Waals surface area contributed by atoms with Crippen LogP contribution in [-0.4, -0.2) is 22.7 Å². The summed E-state index contributed by atoms with van der Waals surface area (Å²) in [5, 5.41) is 8.31. The standard InChI is InChI=1S/C20H14FN3O3/c21-14-8-10-15(11-9-14)26-12-18(25)22-20-23-19(27-24-20)17-7-3-5-13-4-1-2-6-16(13)17/h1-11H,12H2,(H,22,24,25). The predicted octanol–water partition coefficient (Wildman–Crippen LogP) is 4.05. The van der Waals surface area contributed by atoms with Gasteiger partial charge in [0, 0.05) is 5.56 Å². The van der Waals surface area contributed by atoms with Gasteiger partial charge in [0.15, 0.2) is 6.61 Å². The summed E-state index contributed by atoms with van der Waals surface area (Å²) in [5.41, 5.74) is 0.781. The minimum Gasteiger partial charge on any atom is -0.484 e. The number of nitrogens with zero attached hydrogens (tertiary/aromatic N) is 2. The summed E-state index contributed by atoms with van der Waals surface area (Å²) < 4.78 is 23.4. The number of halogens is 1. The molecular weight excluding hydrogens is 349 g/mol. The van der Waals surface area contributed by atoms with Crippen LogP contribution in [0.15, 0.2) is 71.3 Å². The van der Waals surface area contributed by atoms with Gasteiger partial charge in [-0.05, 0) is 46.3 Å². The Morgan fingerprint density at radius 2 is 1.81 bits per heavy atom. The van der Waals surface area contributed by atoms with E-state index in [0.717, 1.165) is 16.3 Å². The van der Waals surface area contributed by atoms with Gasteiger partial charge in [0.25, 0.3) is 17.7 Å². The van der Waals surface area contributed by atoms with Gasteiger partial charge in [-0.25, -0.2) is 4.39 Å². The van der Waals surface area contributed by atoms with Crippen LogP contribution in [0.2, 0.25) is 0 Å². The van der Waals surface area contributed by atoms with Crippen LogP contribution in [0.4, 0.5) is 10.3 Å². The Balaban J connectivity index is 1.44. The summed E-state index contributed by atoms with van der Waals surface area (Å²) in [6.07, 6.45) is 0. The van der Waals surface area contributed by atoms with E-state index in [0.29, 0.717) is 11.6 Å². The highest BCUT2D eigenvalue weighted by Gasteiger charge is 2.14. The predicted molar refractivity (Wildman–Crippen MR) is 97.8 cm³/mol. The summed E-state index contributed by atoms with van der Waals surface area (Å²) in [4.78, 5) is 16.2. The number of carbonyl (C=O) groups is 1. The second-order valence-corrected chi connectivity index (χ2v) is 5.74. The molecule has 0 aliphatic heterocycles. The maximum absolute atomic E-state index is 12.9. The number of aromatic nitrogens is 2. The van der Waals surface area contributed by atoms with Crippen molar-refractivity contribution in [1.82, 2.24) is 10.1 Å². The number of benzene rings is 3. The molecule has 0 spiro atoms. The Morgan fingerprint density at radius 1 is 1.04 bits per heavy atom. The van der Waals surface area contributed by atoms with Crippen LogP contribution in [0.5, 0.6) is 5.75 Å². The monoisotopic (exact) mass is 363 g/mol. The lowest BCUT2D eigenvalue weighted by Crippen LogP contribution is -2.20. The van der Waals surface area contributed by atoms with Gasteiger partial charge in [-0.15, -0.1) is 0 Å². The Labute approximate surface area is 153 Å². The van der Waals surface area contributed by atoms with Gasteiger partial charge in [0.2, 0.25) is 0 Å². The van der Waals surface area contributed by atoms with Crippen LogP contribution in [-0.2, 0) is 4.79 Å². The zero-order valence-electron chi connectivity index (χ0n) is 14.1. The van der Waals surface area contributed by atoms with Crippen molar-refractivity contribution in [2.24, 2.45) is 0 Å². The molecule has 0 aliphatic rings. The molecule has 4 aromatic rings. The minimum atomic E-state index is -0.454. The summed E-state index contributed by atoms with van der Waals surface area (Å²) in [6, 6.07) is 19.0. The summed E-state index contributed by atoms with van der Waals surface area (Å²) in [6.45, 7) is -0.260. The first-order valence-electron chi connectivity index (χ1n) is 8.19. The van der Waals surface area contributed by atoms with E-state index >= 15 is 0 Å². The lowest BCUT2D eigenvalue weighted by molar-refractivity contribution is -0.118. The zero-order valence-corrected chi connectivity index (χ0v) is 14.1. The van der Waals surface area contributed by atoms with Crippen molar-refractivity contribution in [3.63, 3.8) is 0 Å². The maximum atomic E-state index is 12.9. The number of rotatable bonds is 5. The average Bonchev–Trinajstić information content (AvgIpc) is 3.15. The van der Waals surface area contributed by atoms with Crippen molar-refractivity contribution < 1.29 is 18.4 Å². The number of carbonyl (C=O) groups excluding carboxylic acids is 1. The lowest BCUT2D eigenvalue weighted by atomic mass is 10.0. The number of nitrogens with one attached hydrogen (secondary N) is 1. The second kappa shape index (κ2) is 7.25. The molecule has 1 N–H and O–H groups in total. The third-order valence-corrected chi connectivity index (χ3v) is 3.88. The molecule has 0 radical (unpaired) electrons. The summed E-state index contributed by atoms with van der Waals surface area (Å²) in [7, 11) is 0. The topological polar surface area (TPSA) is 77.2 Å². The van der Waals surface area contributed by atoms with Crippen molar-refractivity contribution in [1.29, 1.82) is 0 Å². The first-order chi connectivity index (χ1) is 13.2. The number of hydrogen-bond acceptors (Lipinski definition) is 5. The van der Waals surface area contributed by atoms with Crippen molar-refractivity contribution >= 4 is 22.6 Å². The Kier molecular flexibility index (Phi) is 4.49. The van der Waals surface area contributed by atoms with Crippen LogP contribution in [0.3, 0.4) is 0 Å². The molecular formula is C20H14FN3O3. The highest BCUT2D eigenvalue weighted by molar-refractivity contribution is 5.95. The Morgan fingerprint density at radius 3 is 2.67 bits per heavy atom. The second-order valence-electron chi connectivity index (χ2n) is 5.74. The molecule has 7 heteroatoms. The quantitative estimate of drug-likeness (QED) is 0.579. The van der Waals surface area contributed by atoms with Crippen molar-refractivity contribution in [3.05, 3.63) is 72.5 Å². The van der Waals surface area contributed by atoms with Crippen molar-refractivity contribution in [2.75, 3.05) is 11.9 Å². The average molecular weight is 363 g/mol. The van der Waals surface area contributed by atoms with E-state index in [1.807, 2.05) is 42.5 Å². The third-order valence-electron chi connectivity index (χ3n) is 3.88. The maximum Gasteiger partial charge on any atom is 0.270 e. The Bertz CT molecular complexity index is 1090. The van der Waals surface area contributed by atoms with Crippen LogP contribution in [0, 0.1) is 5.82 Å². The number of anilines is 1. The van der Waals surface area contributed by atoms with Crippen LogP contribution in [0.25, 0.3) is 22.2 Å². The molecule has 0 aliphatic carbocycles. The van der Waals surface area contributed by atoms with Crippen LogP contribution < -0.4 is 10.1 Å². The molecule has 0 bridgehead atoms. The van der Waals surface area contributed by atoms with Gasteiger partial charge >= 0.3 is 0 Å². The SMILES string of the molecule is O=C(COc1ccc(F)cc1)Nc1noc(-c2cccc3ccccc23)n1. The van der Waals surface area contributed by atoms with Gasteiger partial charge < -0.3 is 9.26 Å². The summed E-state index contributed by atoms with van der Waals surface area (Å²) in [5.74, 6) is -0.0903. The number of amides is 1. The van der Waals surface area contributed by atoms with Gasteiger partial charge in [-0.3, -0.25) is 10.1 Å². The molecule has 0 saturated carbocycles. The van der Waals surface area contributed by atoms with E-state index in [-0.39, 0.29) is 18.4 Å². The fourth-order valence-electron chi connectivity index (χ4n) is 2.64. The fourth-order valence-corrected chi connectivity index (χ4v) is 2.64. The molecule has 27 heavy (non-hydrogen) atoms. The minimum absolute atomic E-state index is 0.0469. The summed E-state index contributed by atoms with van der Waals surface area (Å²) >= 11 is 0. The van der Waals surface area contributed by atoms with Gasteiger partial charge in [-0.2, -0.15) is 4.98 Å². The fraction of sp³-hybridized carbons (Fsp3) is 0.0500. The van der Waals surface area contributed by atoms with Crippen molar-refractivity contribution in [3.8, 4) is 17.2 Å². The first-order valence-corrected chi connectivity index (χ1v) is 8.19. The molecule has 1 amide bonds. The van der Waals surface area contributed by atoms with Crippen LogP contribution >= 0.6 is 0 Å². The Hall–Kier alpha value is -3.74. The molecule has 6 nitrogen and oxygen atoms in total. The van der Waals surface area contributed by atoms with E-state index in [4.69, 9.17) is 9.26 Å². The van der Waals surface area contributed by atoms with Gasteiger partial charge in [-0.1, -0.05) is 36.4 Å². The first kappa shape index (κ1) is 16.7. The molecule has 1 aromatic heterocycles. The molecule has 0 fully saturated rings. The van der Waals surface area contributed by atoms with E-state index in [9.17, 15) is 9.18 Å². The van der Waals surface area contributed by atoms with E-state index in [1.165, 1.54) is 24.3 Å². The lowest BCUT2D eigenvalue weighted by Gasteiger charge is -2.04. The number of fused-ring (bicyclic) bond motifs is 1. The smallest absolute Gasteiger partial charge is 0.270 e. The molecule has 0 unspecified atom stereocenters. The number of ether oxygens (including phenoxy) is 1. The molecule has 134 valence electrons. The zero-order chi connectivity index (χ0) is 18.6. The highest BCUT2D eigenvalue weighted by Crippen LogP contribution is 2.27. The highest BCUT2D eigenvalue weighted by atomic mass is 19.1. The number of hydrogen-bond donors (Lipinski definition) is 1. The van der Waals surface area contributed by atoms with E-state index in [1.54, 1.807) is 0 Å².